The van der Waals surface area contributed by atoms with Gasteiger partial charge in [-0.2, -0.15) is 0 Å². The van der Waals surface area contributed by atoms with E-state index in [1.165, 1.54) is 19.5 Å². The van der Waals surface area contributed by atoms with Crippen LogP contribution in [0.4, 0.5) is 5.82 Å². The van der Waals surface area contributed by atoms with Crippen molar-refractivity contribution < 1.29 is 4.74 Å². The van der Waals surface area contributed by atoms with Gasteiger partial charge in [-0.15, -0.1) is 0 Å². The summed E-state index contributed by atoms with van der Waals surface area (Å²) in [5.41, 5.74) is 2.31. The van der Waals surface area contributed by atoms with Gasteiger partial charge < -0.3 is 9.64 Å². The molecule has 3 heteroatoms. The van der Waals surface area contributed by atoms with Crippen molar-refractivity contribution in [2.45, 2.75) is 19.8 Å². The van der Waals surface area contributed by atoms with Gasteiger partial charge in [0, 0.05) is 18.8 Å². The first kappa shape index (κ1) is 11.6. The molecule has 2 fully saturated rings. The number of fused-ring (bicyclic) bond motifs is 1. The average Bonchev–Trinajstić information content (AvgIpc) is 3.02. The van der Waals surface area contributed by atoms with Crippen molar-refractivity contribution in [3.63, 3.8) is 0 Å². The van der Waals surface area contributed by atoms with E-state index >= 15 is 0 Å². The molecule has 1 saturated heterocycles. The van der Waals surface area contributed by atoms with E-state index in [1.54, 1.807) is 13.4 Å². The fourth-order valence-electron chi connectivity index (χ4n) is 2.84. The molecule has 0 bridgehead atoms. The normalized spacial score (nSPS) is 25.6. The van der Waals surface area contributed by atoms with Gasteiger partial charge in [0.2, 0.25) is 0 Å². The number of hydrogen-bond acceptors (Lipinski definition) is 3. The first-order valence-corrected chi connectivity index (χ1v) is 6.76. The topological polar surface area (TPSA) is 25.4 Å². The van der Waals surface area contributed by atoms with Gasteiger partial charge >= 0.3 is 0 Å². The zero-order chi connectivity index (χ0) is 12.5. The van der Waals surface area contributed by atoms with Crippen LogP contribution in [0.15, 0.2) is 18.4 Å². The van der Waals surface area contributed by atoms with Crippen LogP contribution in [0.1, 0.15) is 24.6 Å². The van der Waals surface area contributed by atoms with Crippen molar-refractivity contribution in [2.75, 3.05) is 25.1 Å². The zero-order valence-electron chi connectivity index (χ0n) is 11.1. The summed E-state index contributed by atoms with van der Waals surface area (Å²) in [5, 5.41) is 0. The number of aryl methyl sites for hydroxylation is 1. The van der Waals surface area contributed by atoms with Gasteiger partial charge in [-0.1, -0.05) is 6.92 Å². The first-order valence-electron chi connectivity index (χ1n) is 6.76. The molecule has 2 unspecified atom stereocenters. The largest absolute Gasteiger partial charge is 0.504 e. The second-order valence-corrected chi connectivity index (χ2v) is 5.26. The Morgan fingerprint density at radius 3 is 2.83 bits per heavy atom. The highest BCUT2D eigenvalue weighted by Gasteiger charge is 2.45. The van der Waals surface area contributed by atoms with Crippen molar-refractivity contribution in [3.05, 3.63) is 29.7 Å². The number of ether oxygens (including phenoxy) is 1. The SMILES string of the molecule is CCc1nc(N2CC3CC3C2)ccc1C=COC. The lowest BCUT2D eigenvalue weighted by Crippen LogP contribution is -2.23. The van der Waals surface area contributed by atoms with Crippen LogP contribution >= 0.6 is 0 Å². The third-order valence-corrected chi connectivity index (χ3v) is 4.02. The van der Waals surface area contributed by atoms with E-state index in [1.807, 2.05) is 6.08 Å². The molecule has 2 atom stereocenters. The van der Waals surface area contributed by atoms with E-state index < -0.39 is 0 Å². The molecule has 1 aromatic rings. The third-order valence-electron chi connectivity index (χ3n) is 4.02. The van der Waals surface area contributed by atoms with Gasteiger partial charge in [-0.05, 0) is 48.4 Å². The van der Waals surface area contributed by atoms with Crippen molar-refractivity contribution in [3.8, 4) is 0 Å². The summed E-state index contributed by atoms with van der Waals surface area (Å²) in [4.78, 5) is 7.23. The number of pyridine rings is 1. The smallest absolute Gasteiger partial charge is 0.128 e. The number of aromatic nitrogens is 1. The van der Waals surface area contributed by atoms with Gasteiger partial charge in [-0.3, -0.25) is 0 Å². The molecule has 0 aromatic carbocycles. The molecule has 3 rings (SSSR count). The van der Waals surface area contributed by atoms with Crippen LogP contribution in [0.3, 0.4) is 0 Å². The molecule has 0 N–H and O–H groups in total. The Morgan fingerprint density at radius 2 is 2.17 bits per heavy atom. The molecule has 0 radical (unpaired) electrons. The van der Waals surface area contributed by atoms with Crippen LogP contribution in [0.5, 0.6) is 0 Å². The van der Waals surface area contributed by atoms with Crippen molar-refractivity contribution in [1.82, 2.24) is 4.98 Å². The fraction of sp³-hybridized carbons (Fsp3) is 0.533. The number of hydrogen-bond donors (Lipinski definition) is 0. The molecule has 1 saturated carbocycles. The quantitative estimate of drug-likeness (QED) is 0.761. The van der Waals surface area contributed by atoms with E-state index in [2.05, 4.69) is 24.0 Å². The van der Waals surface area contributed by atoms with E-state index in [4.69, 9.17) is 9.72 Å². The first-order chi connectivity index (χ1) is 8.81. The van der Waals surface area contributed by atoms with E-state index in [9.17, 15) is 0 Å². The molecular weight excluding hydrogens is 224 g/mol. The number of piperidine rings is 1. The average molecular weight is 244 g/mol. The van der Waals surface area contributed by atoms with Gasteiger partial charge in [-0.25, -0.2) is 4.98 Å². The number of nitrogens with zero attached hydrogens (tertiary/aromatic N) is 2. The summed E-state index contributed by atoms with van der Waals surface area (Å²) in [5.74, 6) is 3.04. The van der Waals surface area contributed by atoms with Crippen LogP contribution in [-0.2, 0) is 11.2 Å². The zero-order valence-corrected chi connectivity index (χ0v) is 11.1. The Kier molecular flexibility index (Phi) is 2.98. The molecule has 96 valence electrons. The van der Waals surface area contributed by atoms with Gasteiger partial charge in [0.05, 0.1) is 13.4 Å². The maximum absolute atomic E-state index is 4.98. The van der Waals surface area contributed by atoms with Crippen LogP contribution in [0.2, 0.25) is 0 Å². The summed E-state index contributed by atoms with van der Waals surface area (Å²) in [6.45, 7) is 4.56. The maximum Gasteiger partial charge on any atom is 0.128 e. The van der Waals surface area contributed by atoms with E-state index in [0.29, 0.717) is 0 Å². The van der Waals surface area contributed by atoms with Crippen molar-refractivity contribution in [1.29, 1.82) is 0 Å². The summed E-state index contributed by atoms with van der Waals surface area (Å²) in [7, 11) is 1.67. The lowest BCUT2D eigenvalue weighted by molar-refractivity contribution is 0.341. The summed E-state index contributed by atoms with van der Waals surface area (Å²) < 4.78 is 4.98. The second kappa shape index (κ2) is 4.63. The molecule has 1 aliphatic heterocycles. The van der Waals surface area contributed by atoms with Crippen LogP contribution in [-0.4, -0.2) is 25.2 Å². The second-order valence-electron chi connectivity index (χ2n) is 5.26. The van der Waals surface area contributed by atoms with Gasteiger partial charge in [0.15, 0.2) is 0 Å². The monoisotopic (exact) mass is 244 g/mol. The Labute approximate surface area is 108 Å². The minimum atomic E-state index is 0.949. The van der Waals surface area contributed by atoms with E-state index in [-0.39, 0.29) is 0 Å². The Balaban J connectivity index is 1.81. The number of methoxy groups -OCH3 is 1. The molecule has 0 spiro atoms. The standard InChI is InChI=1S/C15H20N2O/c1-3-14-11(6-7-18-2)4-5-15(16-14)17-9-12-8-13(12)10-17/h4-7,12-13H,3,8-10H2,1-2H3. The molecular formula is C15H20N2O. The molecule has 2 heterocycles. The minimum Gasteiger partial charge on any atom is -0.504 e. The van der Waals surface area contributed by atoms with Crippen LogP contribution in [0.25, 0.3) is 6.08 Å². The van der Waals surface area contributed by atoms with E-state index in [0.717, 1.165) is 35.3 Å². The Morgan fingerprint density at radius 1 is 1.39 bits per heavy atom. The molecule has 0 amide bonds. The van der Waals surface area contributed by atoms with Crippen LogP contribution in [0, 0.1) is 11.8 Å². The third kappa shape index (κ3) is 2.09. The highest BCUT2D eigenvalue weighted by molar-refractivity contribution is 5.55. The summed E-state index contributed by atoms with van der Waals surface area (Å²) in [6.07, 6.45) is 6.08. The lowest BCUT2D eigenvalue weighted by Gasteiger charge is -2.20. The summed E-state index contributed by atoms with van der Waals surface area (Å²) in [6, 6.07) is 4.29. The highest BCUT2D eigenvalue weighted by Crippen LogP contribution is 2.45. The van der Waals surface area contributed by atoms with Crippen molar-refractivity contribution in [2.24, 2.45) is 11.8 Å². The predicted octanol–water partition coefficient (Wildman–Crippen LogP) is 2.72. The molecule has 1 aliphatic carbocycles. The highest BCUT2D eigenvalue weighted by atomic mass is 16.5. The number of anilines is 1. The molecule has 3 nitrogen and oxygen atoms in total. The predicted molar refractivity (Wildman–Crippen MR) is 73.5 cm³/mol. The lowest BCUT2D eigenvalue weighted by atomic mass is 10.1. The van der Waals surface area contributed by atoms with Crippen LogP contribution < -0.4 is 4.90 Å². The van der Waals surface area contributed by atoms with Gasteiger partial charge in [0.1, 0.15) is 5.82 Å². The fourth-order valence-corrected chi connectivity index (χ4v) is 2.84. The number of rotatable bonds is 4. The minimum absolute atomic E-state index is 0.949. The van der Waals surface area contributed by atoms with Crippen molar-refractivity contribution >= 4 is 11.9 Å². The Bertz CT molecular complexity index is 460. The summed E-state index contributed by atoms with van der Waals surface area (Å²) >= 11 is 0. The Hall–Kier alpha value is -1.51. The molecule has 18 heavy (non-hydrogen) atoms. The van der Waals surface area contributed by atoms with Gasteiger partial charge in [0.25, 0.3) is 0 Å². The molecule has 2 aliphatic rings. The molecule has 1 aromatic heterocycles. The maximum atomic E-state index is 4.98.